The van der Waals surface area contributed by atoms with Gasteiger partial charge in [0.1, 0.15) is 0 Å². The molecule has 0 radical (unpaired) electrons. The van der Waals surface area contributed by atoms with Crippen LogP contribution in [-0.2, 0) is 0 Å². The third-order valence-corrected chi connectivity index (χ3v) is 14.3. The topological polar surface area (TPSA) is 30.7 Å². The third kappa shape index (κ3) is 5.09. The minimum Gasteiger partial charge on any atom is -0.276 e. The zero-order chi connectivity index (χ0) is 40.2. The Bertz CT molecular complexity index is 3810. The predicted molar refractivity (Wildman–Crippen MR) is 260 cm³/mol. The molecule has 0 saturated carbocycles. The molecule has 0 saturated heterocycles. The van der Waals surface area contributed by atoms with Crippen molar-refractivity contribution in [3.8, 4) is 39.5 Å². The standard InChI is InChI=1S/C57H37N3S/c1-34-15-11-19-37-20-13-28-45(49(34)37)53-47-32-31-36-18-5-6-23-40(36)52(47)58-57(59-53)60-48-30-10-9-26-44(48)50-42-24-7-8-25-43(42)51-46-29-14-27-41(55(46)61-56(51)54(50)60)39-22-12-21-38(33-39)35-16-3-2-4-17-35/h2-14,16-34H,15H2,1H3. The van der Waals surface area contributed by atoms with Crippen molar-refractivity contribution in [2.24, 2.45) is 0 Å². The number of hydrogen-bond acceptors (Lipinski definition) is 3. The molecule has 0 spiro atoms. The Balaban J connectivity index is 1.18. The van der Waals surface area contributed by atoms with Gasteiger partial charge >= 0.3 is 0 Å². The lowest BCUT2D eigenvalue weighted by Gasteiger charge is -2.22. The molecule has 1 unspecified atom stereocenters. The number of benzene rings is 9. The van der Waals surface area contributed by atoms with Crippen molar-refractivity contribution in [2.45, 2.75) is 19.3 Å². The molecule has 3 heterocycles. The van der Waals surface area contributed by atoms with Crippen LogP contribution in [0.1, 0.15) is 30.4 Å². The summed E-state index contributed by atoms with van der Waals surface area (Å²) in [5.41, 5.74) is 12.9. The SMILES string of the molecule is CC1CC=Cc2cccc(-c3nc(-n4c5ccccc5c5c6ccccc6c6c7cccc(-c8cccc(-c9ccccc9)c8)c7sc6c54)nc4c3ccc3ccccc34)c21. The Morgan fingerprint density at radius 1 is 0.525 bits per heavy atom. The van der Waals surface area contributed by atoms with Crippen LogP contribution in [0.3, 0.4) is 0 Å². The van der Waals surface area contributed by atoms with E-state index in [0.717, 1.165) is 39.4 Å². The van der Waals surface area contributed by atoms with E-state index in [1.54, 1.807) is 0 Å². The molecule has 3 aromatic heterocycles. The van der Waals surface area contributed by atoms with Crippen molar-refractivity contribution in [3.05, 3.63) is 193 Å². The van der Waals surface area contributed by atoms with Crippen LogP contribution >= 0.6 is 11.3 Å². The molecule has 0 fully saturated rings. The number of thiophene rings is 1. The second kappa shape index (κ2) is 13.3. The van der Waals surface area contributed by atoms with Crippen molar-refractivity contribution in [3.63, 3.8) is 0 Å². The van der Waals surface area contributed by atoms with Gasteiger partial charge in [-0.05, 0) is 80.1 Å². The molecule has 0 N–H and O–H groups in total. The van der Waals surface area contributed by atoms with Crippen LogP contribution in [0.4, 0.5) is 0 Å². The van der Waals surface area contributed by atoms with E-state index >= 15 is 0 Å². The van der Waals surface area contributed by atoms with E-state index in [1.807, 2.05) is 11.3 Å². The summed E-state index contributed by atoms with van der Waals surface area (Å²) < 4.78 is 4.90. The van der Waals surface area contributed by atoms with Gasteiger partial charge in [0.05, 0.1) is 26.9 Å². The molecular weight excluding hydrogens is 759 g/mol. The van der Waals surface area contributed by atoms with Crippen molar-refractivity contribution in [1.29, 1.82) is 0 Å². The van der Waals surface area contributed by atoms with Gasteiger partial charge in [-0.25, -0.2) is 9.97 Å². The maximum Gasteiger partial charge on any atom is 0.235 e. The lowest BCUT2D eigenvalue weighted by molar-refractivity contribution is 0.773. The maximum absolute atomic E-state index is 5.74. The second-order valence-electron chi connectivity index (χ2n) is 16.5. The summed E-state index contributed by atoms with van der Waals surface area (Å²) in [4.78, 5) is 11.4. The van der Waals surface area contributed by atoms with E-state index in [0.29, 0.717) is 11.9 Å². The number of nitrogens with zero attached hydrogens (tertiary/aromatic N) is 3. The molecule has 0 aliphatic heterocycles. The van der Waals surface area contributed by atoms with Gasteiger partial charge in [0.2, 0.25) is 5.95 Å². The molecule has 0 amide bonds. The van der Waals surface area contributed by atoms with Crippen LogP contribution in [0.5, 0.6) is 0 Å². The first kappa shape index (κ1) is 34.5. The van der Waals surface area contributed by atoms with E-state index in [2.05, 4.69) is 200 Å². The lowest BCUT2D eigenvalue weighted by Crippen LogP contribution is -2.07. The van der Waals surface area contributed by atoms with Crippen LogP contribution < -0.4 is 0 Å². The van der Waals surface area contributed by atoms with Crippen LogP contribution in [0.15, 0.2) is 182 Å². The Labute approximate surface area is 356 Å². The summed E-state index contributed by atoms with van der Waals surface area (Å²) >= 11 is 1.89. The van der Waals surface area contributed by atoms with Gasteiger partial charge < -0.3 is 0 Å². The van der Waals surface area contributed by atoms with E-state index < -0.39 is 0 Å². The summed E-state index contributed by atoms with van der Waals surface area (Å²) in [6.45, 7) is 2.34. The number of rotatable bonds is 4. The zero-order valence-corrected chi connectivity index (χ0v) is 34.2. The first-order valence-corrected chi connectivity index (χ1v) is 22.0. The normalized spacial score (nSPS) is 14.0. The average molecular weight is 796 g/mol. The second-order valence-corrected chi connectivity index (χ2v) is 17.5. The first-order valence-electron chi connectivity index (χ1n) is 21.1. The van der Waals surface area contributed by atoms with Crippen molar-refractivity contribution >= 4 is 91.8 Å². The van der Waals surface area contributed by atoms with Crippen molar-refractivity contribution in [2.75, 3.05) is 0 Å². The van der Waals surface area contributed by atoms with Crippen LogP contribution in [0.2, 0.25) is 0 Å². The van der Waals surface area contributed by atoms with Crippen molar-refractivity contribution in [1.82, 2.24) is 14.5 Å². The fourth-order valence-corrected chi connectivity index (χ4v) is 11.7. The van der Waals surface area contributed by atoms with Gasteiger partial charge in [-0.1, -0.05) is 177 Å². The molecule has 9 aromatic carbocycles. The van der Waals surface area contributed by atoms with Crippen LogP contribution in [-0.4, -0.2) is 14.5 Å². The van der Waals surface area contributed by atoms with E-state index in [-0.39, 0.29) is 0 Å². The molecule has 286 valence electrons. The highest BCUT2D eigenvalue weighted by molar-refractivity contribution is 7.27. The molecule has 12 aromatic rings. The Morgan fingerprint density at radius 3 is 2.10 bits per heavy atom. The monoisotopic (exact) mass is 795 g/mol. The van der Waals surface area contributed by atoms with E-state index in [1.165, 1.54) is 86.0 Å². The van der Waals surface area contributed by atoms with Gasteiger partial charge in [0, 0.05) is 42.6 Å². The van der Waals surface area contributed by atoms with Gasteiger partial charge in [-0.15, -0.1) is 11.3 Å². The summed E-state index contributed by atoms with van der Waals surface area (Å²) in [5, 5.41) is 10.8. The number of para-hydroxylation sites is 1. The highest BCUT2D eigenvalue weighted by atomic mass is 32.1. The molecule has 61 heavy (non-hydrogen) atoms. The Kier molecular flexibility index (Phi) is 7.52. The zero-order valence-electron chi connectivity index (χ0n) is 33.4. The van der Waals surface area contributed by atoms with E-state index in [9.17, 15) is 0 Å². The van der Waals surface area contributed by atoms with Gasteiger partial charge in [0.25, 0.3) is 0 Å². The molecule has 1 atom stereocenters. The summed E-state index contributed by atoms with van der Waals surface area (Å²) in [7, 11) is 0. The van der Waals surface area contributed by atoms with Crippen LogP contribution in [0.25, 0.3) is 120 Å². The Hall–Kier alpha value is -7.40. The fraction of sp³-hybridized carbons (Fsp3) is 0.0526. The van der Waals surface area contributed by atoms with Gasteiger partial charge in [-0.3, -0.25) is 4.57 Å². The van der Waals surface area contributed by atoms with Crippen molar-refractivity contribution < 1.29 is 0 Å². The minimum absolute atomic E-state index is 0.366. The van der Waals surface area contributed by atoms with E-state index in [4.69, 9.17) is 9.97 Å². The summed E-state index contributed by atoms with van der Waals surface area (Å²) in [6.07, 6.45) is 5.59. The number of fused-ring (bicyclic) bond motifs is 14. The number of hydrogen-bond donors (Lipinski definition) is 0. The smallest absolute Gasteiger partial charge is 0.235 e. The first-order chi connectivity index (χ1) is 30.2. The highest BCUT2D eigenvalue weighted by Crippen LogP contribution is 2.50. The molecular formula is C57H37N3S. The lowest BCUT2D eigenvalue weighted by atomic mass is 9.83. The summed E-state index contributed by atoms with van der Waals surface area (Å²) in [6, 6.07) is 64.1. The summed E-state index contributed by atoms with van der Waals surface area (Å²) in [5.74, 6) is 1.05. The molecule has 0 bridgehead atoms. The molecule has 1 aliphatic rings. The molecule has 4 heteroatoms. The molecule has 3 nitrogen and oxygen atoms in total. The minimum atomic E-state index is 0.366. The van der Waals surface area contributed by atoms with Crippen LogP contribution in [0, 0.1) is 0 Å². The quantitative estimate of drug-likeness (QED) is 0.166. The fourth-order valence-electron chi connectivity index (χ4n) is 10.3. The van der Waals surface area contributed by atoms with Gasteiger partial charge in [0.15, 0.2) is 0 Å². The molecule has 13 rings (SSSR count). The number of allylic oxidation sites excluding steroid dienone is 1. The maximum atomic E-state index is 5.74. The largest absolute Gasteiger partial charge is 0.276 e. The third-order valence-electron chi connectivity index (χ3n) is 13.0. The molecule has 1 aliphatic carbocycles. The van der Waals surface area contributed by atoms with Gasteiger partial charge in [-0.2, -0.15) is 0 Å². The average Bonchev–Trinajstić information content (AvgIpc) is 3.89. The highest BCUT2D eigenvalue weighted by Gasteiger charge is 2.26. The Morgan fingerprint density at radius 2 is 1.21 bits per heavy atom. The predicted octanol–water partition coefficient (Wildman–Crippen LogP) is 15.9. The number of aromatic nitrogens is 3.